The number of nitrogens with one attached hydrogen (secondary N) is 1. The van der Waals surface area contributed by atoms with Crippen molar-refractivity contribution in [1.29, 1.82) is 5.26 Å². The number of carbonyl (C=O) groups excluding carboxylic acids is 1. The Morgan fingerprint density at radius 1 is 1.11 bits per heavy atom. The second-order valence-electron chi connectivity index (χ2n) is 7.61. The molecule has 0 radical (unpaired) electrons. The molecule has 0 saturated carbocycles. The quantitative estimate of drug-likeness (QED) is 0.882. The summed E-state index contributed by atoms with van der Waals surface area (Å²) >= 11 is 0. The molecule has 28 heavy (non-hydrogen) atoms. The number of rotatable bonds is 3. The number of benzene rings is 1. The van der Waals surface area contributed by atoms with Crippen molar-refractivity contribution in [3.05, 3.63) is 47.7 Å². The van der Waals surface area contributed by atoms with Gasteiger partial charge in [-0.15, -0.1) is 10.2 Å². The Hall–Kier alpha value is -3.14. The Morgan fingerprint density at radius 2 is 1.75 bits per heavy atom. The van der Waals surface area contributed by atoms with Crippen molar-refractivity contribution in [1.82, 2.24) is 15.1 Å². The van der Waals surface area contributed by atoms with E-state index >= 15 is 0 Å². The first kappa shape index (κ1) is 19.6. The topological polar surface area (TPSA) is 85.2 Å². The van der Waals surface area contributed by atoms with Crippen LogP contribution >= 0.6 is 0 Å². The van der Waals surface area contributed by atoms with Gasteiger partial charge in [-0.25, -0.2) is 4.79 Å². The number of nitrogens with zero attached hydrogens (tertiary/aromatic N) is 5. The van der Waals surface area contributed by atoms with E-state index in [0.717, 1.165) is 11.5 Å². The number of piperazine rings is 1. The van der Waals surface area contributed by atoms with Gasteiger partial charge in [0.2, 0.25) is 0 Å². The van der Waals surface area contributed by atoms with Crippen LogP contribution in [0.25, 0.3) is 0 Å². The highest BCUT2D eigenvalue weighted by Crippen LogP contribution is 2.22. The number of anilines is 2. The fraction of sp³-hybridized carbons (Fsp3) is 0.429. The highest BCUT2D eigenvalue weighted by Gasteiger charge is 2.33. The maximum atomic E-state index is 12.9. The molecule has 1 aliphatic rings. The Labute approximate surface area is 166 Å². The molecule has 1 N–H and O–H groups in total. The summed E-state index contributed by atoms with van der Waals surface area (Å²) in [5.74, 6) is 1.19. The van der Waals surface area contributed by atoms with Crippen LogP contribution in [0.4, 0.5) is 16.3 Å². The molecular weight excluding hydrogens is 352 g/mol. The zero-order valence-electron chi connectivity index (χ0n) is 16.8. The summed E-state index contributed by atoms with van der Waals surface area (Å²) in [5.41, 5.74) is 2.34. The third-order valence-corrected chi connectivity index (χ3v) is 5.07. The van der Waals surface area contributed by atoms with Gasteiger partial charge >= 0.3 is 6.03 Å². The summed E-state index contributed by atoms with van der Waals surface area (Å²) in [5, 5.41) is 19.9. The van der Waals surface area contributed by atoms with E-state index in [4.69, 9.17) is 5.26 Å². The lowest BCUT2D eigenvalue weighted by atomic mass is 10.0. The largest absolute Gasteiger partial charge is 0.351 e. The van der Waals surface area contributed by atoms with Crippen LogP contribution in [-0.2, 0) is 0 Å². The van der Waals surface area contributed by atoms with Crippen molar-refractivity contribution >= 4 is 17.5 Å². The van der Waals surface area contributed by atoms with Crippen molar-refractivity contribution < 1.29 is 4.79 Å². The monoisotopic (exact) mass is 378 g/mol. The molecule has 2 atom stereocenters. The Kier molecular flexibility index (Phi) is 5.78. The van der Waals surface area contributed by atoms with Crippen LogP contribution in [0.3, 0.4) is 0 Å². The minimum absolute atomic E-state index is 0.0103. The molecule has 0 aliphatic carbocycles. The van der Waals surface area contributed by atoms with Gasteiger partial charge in [0, 0.05) is 30.9 Å². The molecule has 146 valence electrons. The minimum Gasteiger partial charge on any atom is -0.351 e. The molecule has 1 aromatic heterocycles. The van der Waals surface area contributed by atoms with Crippen molar-refractivity contribution in [2.75, 3.05) is 23.3 Å². The summed E-state index contributed by atoms with van der Waals surface area (Å²) in [7, 11) is 0. The fourth-order valence-corrected chi connectivity index (χ4v) is 3.60. The predicted octanol–water partition coefficient (Wildman–Crippen LogP) is 3.60. The number of nitriles is 1. The third-order valence-electron chi connectivity index (χ3n) is 5.07. The second kappa shape index (κ2) is 8.26. The van der Waals surface area contributed by atoms with Gasteiger partial charge in [-0.1, -0.05) is 26.0 Å². The zero-order chi connectivity index (χ0) is 20.3. The summed E-state index contributed by atoms with van der Waals surface area (Å²) < 4.78 is 0. The minimum atomic E-state index is -0.0946. The fourth-order valence-electron chi connectivity index (χ4n) is 3.60. The van der Waals surface area contributed by atoms with E-state index in [2.05, 4.69) is 46.4 Å². The average Bonchev–Trinajstić information content (AvgIpc) is 2.68. The van der Waals surface area contributed by atoms with Gasteiger partial charge < -0.3 is 15.1 Å². The number of hydrogen-bond acceptors (Lipinski definition) is 5. The van der Waals surface area contributed by atoms with Crippen LogP contribution < -0.4 is 10.2 Å². The molecule has 0 spiro atoms. The number of amides is 2. The molecule has 1 saturated heterocycles. The molecule has 0 bridgehead atoms. The van der Waals surface area contributed by atoms with Crippen LogP contribution in [0, 0.1) is 11.3 Å². The lowest BCUT2D eigenvalue weighted by Gasteiger charge is -2.44. The predicted molar refractivity (Wildman–Crippen MR) is 109 cm³/mol. The van der Waals surface area contributed by atoms with E-state index in [9.17, 15) is 4.79 Å². The average molecular weight is 378 g/mol. The smallest absolute Gasteiger partial charge is 0.322 e. The Balaban J connectivity index is 1.66. The van der Waals surface area contributed by atoms with Crippen molar-refractivity contribution in [2.45, 2.75) is 45.7 Å². The maximum absolute atomic E-state index is 12.9. The molecule has 7 nitrogen and oxygen atoms in total. The molecule has 1 aliphatic heterocycles. The summed E-state index contributed by atoms with van der Waals surface area (Å²) in [6, 6.07) is 13.4. The van der Waals surface area contributed by atoms with E-state index in [1.165, 1.54) is 5.56 Å². The highest BCUT2D eigenvalue weighted by atomic mass is 16.2. The second-order valence-corrected chi connectivity index (χ2v) is 7.61. The molecular formula is C21H26N6O. The van der Waals surface area contributed by atoms with Crippen LogP contribution in [0.2, 0.25) is 0 Å². The summed E-state index contributed by atoms with van der Waals surface area (Å²) in [4.78, 5) is 16.8. The number of urea groups is 1. The molecule has 0 unspecified atom stereocenters. The van der Waals surface area contributed by atoms with Gasteiger partial charge in [0.15, 0.2) is 11.5 Å². The summed E-state index contributed by atoms with van der Waals surface area (Å²) in [6.07, 6.45) is 0. The van der Waals surface area contributed by atoms with Gasteiger partial charge in [0.25, 0.3) is 0 Å². The number of aromatic nitrogens is 2. The Morgan fingerprint density at radius 3 is 2.25 bits per heavy atom. The van der Waals surface area contributed by atoms with E-state index in [1.54, 1.807) is 12.1 Å². The van der Waals surface area contributed by atoms with Gasteiger partial charge in [0.1, 0.15) is 6.07 Å². The first-order valence-electron chi connectivity index (χ1n) is 9.57. The highest BCUT2D eigenvalue weighted by molar-refractivity contribution is 5.90. The van der Waals surface area contributed by atoms with Gasteiger partial charge in [-0.05, 0) is 49.6 Å². The molecule has 3 rings (SSSR count). The molecule has 2 amide bonds. The van der Waals surface area contributed by atoms with Gasteiger partial charge in [-0.2, -0.15) is 5.26 Å². The molecule has 2 aromatic rings. The van der Waals surface area contributed by atoms with E-state index in [1.807, 2.05) is 36.9 Å². The van der Waals surface area contributed by atoms with Gasteiger partial charge in [0.05, 0.1) is 0 Å². The van der Waals surface area contributed by atoms with Crippen molar-refractivity contribution in [3.8, 4) is 6.07 Å². The zero-order valence-corrected chi connectivity index (χ0v) is 16.8. The molecule has 7 heteroatoms. The van der Waals surface area contributed by atoms with Crippen LogP contribution in [-0.4, -0.2) is 46.3 Å². The summed E-state index contributed by atoms with van der Waals surface area (Å²) in [6.45, 7) is 9.67. The molecule has 1 aromatic carbocycles. The van der Waals surface area contributed by atoms with E-state index in [0.29, 0.717) is 24.7 Å². The lowest BCUT2D eigenvalue weighted by Crippen LogP contribution is -2.59. The normalized spacial score (nSPS) is 19.4. The number of hydrogen-bond donors (Lipinski definition) is 1. The first-order valence-corrected chi connectivity index (χ1v) is 9.57. The SMILES string of the molecule is CC(C)c1ccc(NC(=O)N2[C@H](C)CN(c3ccc(C#N)nn3)C[C@@H]2C)cc1. The lowest BCUT2D eigenvalue weighted by molar-refractivity contribution is 0.153. The maximum Gasteiger partial charge on any atom is 0.322 e. The van der Waals surface area contributed by atoms with Crippen molar-refractivity contribution in [3.63, 3.8) is 0 Å². The molecule has 1 fully saturated rings. The van der Waals surface area contributed by atoms with Crippen molar-refractivity contribution in [2.24, 2.45) is 0 Å². The standard InChI is InChI=1S/C21H26N6O/c1-14(2)17-5-7-18(8-6-17)23-21(28)27-15(3)12-26(13-16(27)4)20-10-9-19(11-22)24-25-20/h5-10,14-16H,12-13H2,1-4H3,(H,23,28)/t15-,16+. The van der Waals surface area contributed by atoms with E-state index < -0.39 is 0 Å². The Bertz CT molecular complexity index is 844. The van der Waals surface area contributed by atoms with Gasteiger partial charge in [-0.3, -0.25) is 0 Å². The van der Waals surface area contributed by atoms with E-state index in [-0.39, 0.29) is 18.1 Å². The van der Waals surface area contributed by atoms with Crippen LogP contribution in [0.15, 0.2) is 36.4 Å². The number of carbonyl (C=O) groups is 1. The third kappa shape index (κ3) is 4.22. The molecule has 2 heterocycles. The van der Waals surface area contributed by atoms with Crippen LogP contribution in [0.5, 0.6) is 0 Å². The van der Waals surface area contributed by atoms with Crippen LogP contribution in [0.1, 0.15) is 44.9 Å². The first-order chi connectivity index (χ1) is 13.4.